The summed E-state index contributed by atoms with van der Waals surface area (Å²) >= 11 is 0. The summed E-state index contributed by atoms with van der Waals surface area (Å²) in [6.45, 7) is 2.55. The molecule has 114 valence electrons. The SMILES string of the molecule is Cc1ccccc1CN(C)C(=O)CC1(C(=O)O)CCCC1. The lowest BCUT2D eigenvalue weighted by Gasteiger charge is -2.26. The molecule has 1 aromatic rings. The molecule has 1 aliphatic rings. The summed E-state index contributed by atoms with van der Waals surface area (Å²) in [4.78, 5) is 25.6. The van der Waals surface area contributed by atoms with E-state index in [1.54, 1.807) is 11.9 Å². The van der Waals surface area contributed by atoms with Crippen molar-refractivity contribution in [1.29, 1.82) is 0 Å². The van der Waals surface area contributed by atoms with Gasteiger partial charge in [0.05, 0.1) is 5.41 Å². The van der Waals surface area contributed by atoms with Crippen molar-refractivity contribution in [3.05, 3.63) is 35.4 Å². The Hall–Kier alpha value is -1.84. The summed E-state index contributed by atoms with van der Waals surface area (Å²) in [6.07, 6.45) is 3.16. The van der Waals surface area contributed by atoms with Crippen LogP contribution in [-0.2, 0) is 16.1 Å². The second kappa shape index (κ2) is 6.29. The van der Waals surface area contributed by atoms with Crippen LogP contribution < -0.4 is 0 Å². The van der Waals surface area contributed by atoms with E-state index in [4.69, 9.17) is 0 Å². The molecule has 0 unspecified atom stereocenters. The summed E-state index contributed by atoms with van der Waals surface area (Å²) in [6, 6.07) is 7.94. The predicted octanol–water partition coefficient (Wildman–Crippen LogP) is 2.99. The highest BCUT2D eigenvalue weighted by Crippen LogP contribution is 2.41. The van der Waals surface area contributed by atoms with Gasteiger partial charge < -0.3 is 10.0 Å². The Morgan fingerprint density at radius 2 is 1.86 bits per heavy atom. The molecule has 1 aliphatic carbocycles. The van der Waals surface area contributed by atoms with Gasteiger partial charge >= 0.3 is 5.97 Å². The van der Waals surface area contributed by atoms with Gasteiger partial charge in [-0.25, -0.2) is 0 Å². The maximum Gasteiger partial charge on any atom is 0.310 e. The van der Waals surface area contributed by atoms with Crippen molar-refractivity contribution in [1.82, 2.24) is 4.90 Å². The van der Waals surface area contributed by atoms with Gasteiger partial charge in [0.1, 0.15) is 0 Å². The topological polar surface area (TPSA) is 57.6 Å². The van der Waals surface area contributed by atoms with Gasteiger partial charge in [-0.15, -0.1) is 0 Å². The first kappa shape index (κ1) is 15.5. The molecule has 0 aliphatic heterocycles. The lowest BCUT2D eigenvalue weighted by Crippen LogP contribution is -2.36. The van der Waals surface area contributed by atoms with Crippen molar-refractivity contribution >= 4 is 11.9 Å². The molecule has 1 saturated carbocycles. The Bertz CT molecular complexity index is 533. The minimum absolute atomic E-state index is 0.0810. The highest BCUT2D eigenvalue weighted by molar-refractivity contribution is 5.85. The van der Waals surface area contributed by atoms with Gasteiger partial charge in [0.15, 0.2) is 0 Å². The first-order chi connectivity index (χ1) is 9.94. The van der Waals surface area contributed by atoms with Crippen LogP contribution in [0.2, 0.25) is 0 Å². The van der Waals surface area contributed by atoms with Crippen LogP contribution in [0.1, 0.15) is 43.2 Å². The molecule has 0 saturated heterocycles. The number of amides is 1. The van der Waals surface area contributed by atoms with Crippen molar-refractivity contribution in [3.8, 4) is 0 Å². The lowest BCUT2D eigenvalue weighted by molar-refractivity contribution is -0.153. The number of benzene rings is 1. The third-order valence-electron chi connectivity index (χ3n) is 4.60. The quantitative estimate of drug-likeness (QED) is 0.906. The van der Waals surface area contributed by atoms with Crippen LogP contribution in [0.4, 0.5) is 0 Å². The van der Waals surface area contributed by atoms with E-state index in [2.05, 4.69) is 0 Å². The molecule has 0 spiro atoms. The molecule has 1 fully saturated rings. The standard InChI is InChI=1S/C17H23NO3/c1-13-7-3-4-8-14(13)12-18(2)15(19)11-17(16(20)21)9-5-6-10-17/h3-4,7-8H,5-6,9-12H2,1-2H3,(H,20,21). The molecule has 1 amide bonds. The minimum atomic E-state index is -0.836. The number of carboxylic acids is 1. The summed E-state index contributed by atoms with van der Waals surface area (Å²) in [5, 5.41) is 9.46. The largest absolute Gasteiger partial charge is 0.481 e. The second-order valence-corrected chi connectivity index (χ2v) is 6.15. The Labute approximate surface area is 125 Å². The van der Waals surface area contributed by atoms with E-state index in [1.165, 1.54) is 0 Å². The first-order valence-electron chi connectivity index (χ1n) is 7.46. The molecule has 0 bridgehead atoms. The van der Waals surface area contributed by atoms with Crippen molar-refractivity contribution in [3.63, 3.8) is 0 Å². The average molecular weight is 289 g/mol. The van der Waals surface area contributed by atoms with Crippen LogP contribution >= 0.6 is 0 Å². The molecule has 0 aromatic heterocycles. The van der Waals surface area contributed by atoms with E-state index in [0.717, 1.165) is 24.0 Å². The molecule has 1 aromatic carbocycles. The minimum Gasteiger partial charge on any atom is -0.481 e. The van der Waals surface area contributed by atoms with Gasteiger partial charge in [0.2, 0.25) is 5.91 Å². The Balaban J connectivity index is 2.03. The monoisotopic (exact) mass is 289 g/mol. The van der Waals surface area contributed by atoms with Gasteiger partial charge in [-0.2, -0.15) is 0 Å². The van der Waals surface area contributed by atoms with Gasteiger partial charge in [-0.1, -0.05) is 37.1 Å². The zero-order valence-electron chi connectivity index (χ0n) is 12.8. The van der Waals surface area contributed by atoms with Gasteiger partial charge in [-0.3, -0.25) is 9.59 Å². The van der Waals surface area contributed by atoms with E-state index in [-0.39, 0.29) is 12.3 Å². The molecular weight excluding hydrogens is 266 g/mol. The summed E-state index contributed by atoms with van der Waals surface area (Å²) in [7, 11) is 1.75. The highest BCUT2D eigenvalue weighted by atomic mass is 16.4. The normalized spacial score (nSPS) is 16.7. The Morgan fingerprint density at radius 1 is 1.24 bits per heavy atom. The summed E-state index contributed by atoms with van der Waals surface area (Å²) in [5.74, 6) is -0.903. The smallest absolute Gasteiger partial charge is 0.310 e. The van der Waals surface area contributed by atoms with Gasteiger partial charge in [-0.05, 0) is 30.9 Å². The van der Waals surface area contributed by atoms with E-state index in [1.807, 2.05) is 31.2 Å². The van der Waals surface area contributed by atoms with Crippen molar-refractivity contribution in [2.75, 3.05) is 7.05 Å². The predicted molar refractivity (Wildman–Crippen MR) is 80.8 cm³/mol. The number of aryl methyl sites for hydroxylation is 1. The van der Waals surface area contributed by atoms with Crippen molar-refractivity contribution < 1.29 is 14.7 Å². The number of carbonyl (C=O) groups is 2. The van der Waals surface area contributed by atoms with Gasteiger partial charge in [0.25, 0.3) is 0 Å². The zero-order chi connectivity index (χ0) is 15.5. The van der Waals surface area contributed by atoms with E-state index >= 15 is 0 Å². The second-order valence-electron chi connectivity index (χ2n) is 6.15. The highest BCUT2D eigenvalue weighted by Gasteiger charge is 2.43. The van der Waals surface area contributed by atoms with E-state index in [0.29, 0.717) is 19.4 Å². The van der Waals surface area contributed by atoms with Crippen molar-refractivity contribution in [2.24, 2.45) is 5.41 Å². The number of carboxylic acid groups (broad SMARTS) is 1. The Kier molecular flexibility index (Phi) is 4.66. The van der Waals surface area contributed by atoms with Crippen LogP contribution in [0.25, 0.3) is 0 Å². The van der Waals surface area contributed by atoms with Crippen molar-refractivity contribution in [2.45, 2.75) is 45.6 Å². The lowest BCUT2D eigenvalue weighted by atomic mass is 9.82. The molecule has 4 heteroatoms. The third kappa shape index (κ3) is 3.43. The fourth-order valence-electron chi connectivity index (χ4n) is 3.07. The zero-order valence-corrected chi connectivity index (χ0v) is 12.8. The Morgan fingerprint density at radius 3 is 2.43 bits per heavy atom. The summed E-state index contributed by atoms with van der Waals surface area (Å²) in [5.41, 5.74) is 1.41. The average Bonchev–Trinajstić information content (AvgIpc) is 2.91. The number of nitrogens with zero attached hydrogens (tertiary/aromatic N) is 1. The molecular formula is C17H23NO3. The fraction of sp³-hybridized carbons (Fsp3) is 0.529. The van der Waals surface area contributed by atoms with Crippen LogP contribution in [0.5, 0.6) is 0 Å². The number of hydrogen-bond donors (Lipinski definition) is 1. The number of rotatable bonds is 5. The number of aliphatic carboxylic acids is 1. The van der Waals surface area contributed by atoms with Gasteiger partial charge in [0, 0.05) is 20.0 Å². The van der Waals surface area contributed by atoms with E-state index < -0.39 is 11.4 Å². The third-order valence-corrected chi connectivity index (χ3v) is 4.60. The molecule has 21 heavy (non-hydrogen) atoms. The number of hydrogen-bond acceptors (Lipinski definition) is 2. The molecule has 1 N–H and O–H groups in total. The molecule has 2 rings (SSSR count). The summed E-state index contributed by atoms with van der Waals surface area (Å²) < 4.78 is 0. The fourth-order valence-corrected chi connectivity index (χ4v) is 3.07. The van der Waals surface area contributed by atoms with Crippen LogP contribution in [0, 0.1) is 12.3 Å². The maximum absolute atomic E-state index is 12.4. The molecule has 0 heterocycles. The maximum atomic E-state index is 12.4. The van der Waals surface area contributed by atoms with Crippen LogP contribution in [-0.4, -0.2) is 28.9 Å². The molecule has 0 atom stereocenters. The van der Waals surface area contributed by atoms with E-state index in [9.17, 15) is 14.7 Å². The van der Waals surface area contributed by atoms with Crippen LogP contribution in [0.3, 0.4) is 0 Å². The first-order valence-corrected chi connectivity index (χ1v) is 7.46. The molecule has 0 radical (unpaired) electrons. The molecule has 4 nitrogen and oxygen atoms in total. The van der Waals surface area contributed by atoms with Crippen LogP contribution in [0.15, 0.2) is 24.3 Å². The number of carbonyl (C=O) groups excluding carboxylic acids is 1.